The van der Waals surface area contributed by atoms with E-state index in [1.54, 1.807) is 45.9 Å². The normalized spacial score (nSPS) is 15.5. The molecule has 0 aromatic heterocycles. The van der Waals surface area contributed by atoms with Gasteiger partial charge in [0.1, 0.15) is 19.0 Å². The standard InChI is InChI=1S/C26H28N2O7/c1-16(2)35-26(30)23-18(4)27-17(3)22(24(23)19-9-8-10-20(15-19)28(31)32)25(29)34-14-13-33-21-11-6-5-7-12-21/h5-12,15-16,24,27H,13-14H2,1-4H3. The molecule has 0 bridgehead atoms. The molecule has 1 aliphatic rings. The zero-order valence-corrected chi connectivity index (χ0v) is 20.1. The highest BCUT2D eigenvalue weighted by molar-refractivity contribution is 6.00. The fraction of sp³-hybridized carbons (Fsp3) is 0.308. The van der Waals surface area contributed by atoms with E-state index in [0.717, 1.165) is 0 Å². The molecule has 1 heterocycles. The van der Waals surface area contributed by atoms with Crippen LogP contribution in [-0.2, 0) is 19.1 Å². The summed E-state index contributed by atoms with van der Waals surface area (Å²) in [5, 5.41) is 14.5. The Bertz CT molecular complexity index is 1170. The first kappa shape index (κ1) is 25.5. The Morgan fingerprint density at radius 1 is 0.971 bits per heavy atom. The molecule has 1 N–H and O–H groups in total. The van der Waals surface area contributed by atoms with Gasteiger partial charge in [-0.2, -0.15) is 0 Å². The Morgan fingerprint density at radius 3 is 2.26 bits per heavy atom. The summed E-state index contributed by atoms with van der Waals surface area (Å²) in [6.07, 6.45) is -0.397. The predicted molar refractivity (Wildman–Crippen MR) is 128 cm³/mol. The fourth-order valence-corrected chi connectivity index (χ4v) is 3.85. The molecule has 1 aliphatic heterocycles. The van der Waals surface area contributed by atoms with Crippen molar-refractivity contribution in [1.29, 1.82) is 0 Å². The third-order valence-corrected chi connectivity index (χ3v) is 5.29. The molecule has 35 heavy (non-hydrogen) atoms. The quantitative estimate of drug-likeness (QED) is 0.243. The SMILES string of the molecule is CC1=C(C(=O)OCCOc2ccccc2)C(c2cccc([N+](=O)[O-])c2)C(C(=O)OC(C)C)=C(C)N1. The van der Waals surface area contributed by atoms with Crippen LogP contribution in [0.1, 0.15) is 39.2 Å². The number of non-ortho nitro benzene ring substituents is 1. The van der Waals surface area contributed by atoms with Crippen molar-refractivity contribution in [3.05, 3.63) is 92.8 Å². The van der Waals surface area contributed by atoms with E-state index in [1.807, 2.05) is 18.2 Å². The van der Waals surface area contributed by atoms with Crippen LogP contribution in [0.25, 0.3) is 0 Å². The number of allylic oxidation sites excluding steroid dienone is 2. The molecular weight excluding hydrogens is 452 g/mol. The second-order valence-electron chi connectivity index (χ2n) is 8.24. The van der Waals surface area contributed by atoms with Crippen molar-refractivity contribution in [2.24, 2.45) is 0 Å². The number of hydrogen-bond acceptors (Lipinski definition) is 8. The number of hydrogen-bond donors (Lipinski definition) is 1. The second kappa shape index (κ2) is 11.3. The van der Waals surface area contributed by atoms with Gasteiger partial charge >= 0.3 is 11.9 Å². The van der Waals surface area contributed by atoms with Crippen molar-refractivity contribution in [2.45, 2.75) is 39.7 Å². The maximum atomic E-state index is 13.2. The van der Waals surface area contributed by atoms with Gasteiger partial charge < -0.3 is 19.5 Å². The van der Waals surface area contributed by atoms with Crippen LogP contribution in [0.2, 0.25) is 0 Å². The van der Waals surface area contributed by atoms with Crippen LogP contribution in [-0.4, -0.2) is 36.2 Å². The van der Waals surface area contributed by atoms with Gasteiger partial charge in [-0.25, -0.2) is 9.59 Å². The number of nitrogens with one attached hydrogen (secondary N) is 1. The van der Waals surface area contributed by atoms with E-state index in [-0.39, 0.29) is 30.0 Å². The lowest BCUT2D eigenvalue weighted by Crippen LogP contribution is -2.33. The minimum atomic E-state index is -0.912. The molecule has 0 spiro atoms. The highest BCUT2D eigenvalue weighted by Crippen LogP contribution is 2.40. The number of nitro groups is 1. The lowest BCUT2D eigenvalue weighted by molar-refractivity contribution is -0.384. The van der Waals surface area contributed by atoms with Gasteiger partial charge in [-0.3, -0.25) is 10.1 Å². The molecule has 3 rings (SSSR count). The van der Waals surface area contributed by atoms with E-state index in [4.69, 9.17) is 14.2 Å². The molecule has 184 valence electrons. The molecule has 9 nitrogen and oxygen atoms in total. The summed E-state index contributed by atoms with van der Waals surface area (Å²) in [5.74, 6) is -1.55. The molecule has 0 saturated heterocycles. The lowest BCUT2D eigenvalue weighted by Gasteiger charge is -2.30. The molecule has 0 amide bonds. The molecule has 1 unspecified atom stereocenters. The van der Waals surface area contributed by atoms with E-state index in [1.165, 1.54) is 18.2 Å². The zero-order chi connectivity index (χ0) is 25.5. The van der Waals surface area contributed by atoms with Crippen molar-refractivity contribution >= 4 is 17.6 Å². The average Bonchev–Trinajstić information content (AvgIpc) is 2.81. The van der Waals surface area contributed by atoms with E-state index in [9.17, 15) is 19.7 Å². The molecular formula is C26H28N2O7. The van der Waals surface area contributed by atoms with Crippen molar-refractivity contribution < 1.29 is 28.7 Å². The van der Waals surface area contributed by atoms with Gasteiger partial charge in [0.25, 0.3) is 5.69 Å². The van der Waals surface area contributed by atoms with Crippen LogP contribution in [0.4, 0.5) is 5.69 Å². The first-order valence-corrected chi connectivity index (χ1v) is 11.2. The Kier molecular flexibility index (Phi) is 8.25. The molecule has 0 aliphatic carbocycles. The first-order chi connectivity index (χ1) is 16.7. The Morgan fingerprint density at radius 2 is 1.63 bits per heavy atom. The van der Waals surface area contributed by atoms with Crippen LogP contribution in [0.15, 0.2) is 77.1 Å². The van der Waals surface area contributed by atoms with Crippen LogP contribution in [0.3, 0.4) is 0 Å². The van der Waals surface area contributed by atoms with E-state index >= 15 is 0 Å². The summed E-state index contributed by atoms with van der Waals surface area (Å²) in [7, 11) is 0. The van der Waals surface area contributed by atoms with Gasteiger partial charge in [-0.15, -0.1) is 0 Å². The van der Waals surface area contributed by atoms with Crippen LogP contribution < -0.4 is 10.1 Å². The average molecular weight is 481 g/mol. The van der Waals surface area contributed by atoms with E-state index in [2.05, 4.69) is 5.32 Å². The number of benzene rings is 2. The Labute approximate surface area is 203 Å². The van der Waals surface area contributed by atoms with Gasteiger partial charge in [0.15, 0.2) is 0 Å². The molecule has 0 radical (unpaired) electrons. The number of nitrogens with zero attached hydrogens (tertiary/aromatic N) is 1. The highest BCUT2D eigenvalue weighted by atomic mass is 16.6. The van der Waals surface area contributed by atoms with E-state index in [0.29, 0.717) is 22.7 Å². The topological polar surface area (TPSA) is 117 Å². The number of ether oxygens (including phenoxy) is 3. The van der Waals surface area contributed by atoms with Gasteiger partial charge in [-0.1, -0.05) is 30.3 Å². The number of nitro benzene ring substituents is 1. The third-order valence-electron chi connectivity index (χ3n) is 5.29. The minimum absolute atomic E-state index is 0.0271. The van der Waals surface area contributed by atoms with Crippen LogP contribution in [0.5, 0.6) is 5.75 Å². The summed E-state index contributed by atoms with van der Waals surface area (Å²) >= 11 is 0. The molecule has 1 atom stereocenters. The fourth-order valence-electron chi connectivity index (χ4n) is 3.85. The van der Waals surface area contributed by atoms with Gasteiger partial charge in [0, 0.05) is 23.5 Å². The Hall–Kier alpha value is -4.14. The van der Waals surface area contributed by atoms with Gasteiger partial charge in [0.2, 0.25) is 0 Å². The number of carbonyl (C=O) groups is 2. The zero-order valence-electron chi connectivity index (χ0n) is 20.1. The maximum absolute atomic E-state index is 13.2. The number of carbonyl (C=O) groups excluding carboxylic acids is 2. The minimum Gasteiger partial charge on any atom is -0.490 e. The summed E-state index contributed by atoms with van der Waals surface area (Å²) in [6.45, 7) is 6.93. The molecule has 9 heteroatoms. The van der Waals surface area contributed by atoms with Crippen molar-refractivity contribution in [2.75, 3.05) is 13.2 Å². The monoisotopic (exact) mass is 480 g/mol. The number of rotatable bonds is 9. The van der Waals surface area contributed by atoms with Crippen molar-refractivity contribution in [3.8, 4) is 5.75 Å². The first-order valence-electron chi connectivity index (χ1n) is 11.2. The van der Waals surface area contributed by atoms with Gasteiger partial charge in [0.05, 0.1) is 28.1 Å². The summed E-state index contributed by atoms with van der Waals surface area (Å²) < 4.78 is 16.5. The lowest BCUT2D eigenvalue weighted by atomic mass is 9.80. The largest absolute Gasteiger partial charge is 0.490 e. The smallest absolute Gasteiger partial charge is 0.337 e. The highest BCUT2D eigenvalue weighted by Gasteiger charge is 2.38. The van der Waals surface area contributed by atoms with Crippen molar-refractivity contribution in [1.82, 2.24) is 5.32 Å². The third kappa shape index (κ3) is 6.26. The molecule has 2 aromatic carbocycles. The van der Waals surface area contributed by atoms with E-state index < -0.39 is 28.9 Å². The molecule has 2 aromatic rings. The number of esters is 2. The number of para-hydroxylation sites is 1. The van der Waals surface area contributed by atoms with Crippen LogP contribution in [0, 0.1) is 10.1 Å². The van der Waals surface area contributed by atoms with Crippen molar-refractivity contribution in [3.63, 3.8) is 0 Å². The summed E-state index contributed by atoms with van der Waals surface area (Å²) in [4.78, 5) is 37.2. The number of dihydropyridines is 1. The predicted octanol–water partition coefficient (Wildman–Crippen LogP) is 4.40. The Balaban J connectivity index is 1.91. The molecule has 0 saturated carbocycles. The summed E-state index contributed by atoms with van der Waals surface area (Å²) in [6, 6.07) is 15.0. The maximum Gasteiger partial charge on any atom is 0.337 e. The second-order valence-corrected chi connectivity index (χ2v) is 8.24. The van der Waals surface area contributed by atoms with Gasteiger partial charge in [-0.05, 0) is 45.4 Å². The van der Waals surface area contributed by atoms with Crippen LogP contribution >= 0.6 is 0 Å². The molecule has 0 fully saturated rings. The summed E-state index contributed by atoms with van der Waals surface area (Å²) in [5.41, 5.74) is 1.59.